The summed E-state index contributed by atoms with van der Waals surface area (Å²) >= 11 is 1.37. The van der Waals surface area contributed by atoms with E-state index >= 15 is 0 Å². The third-order valence-electron chi connectivity index (χ3n) is 6.04. The Bertz CT molecular complexity index is 1180. The van der Waals surface area contributed by atoms with Crippen LogP contribution in [0.5, 0.6) is 0 Å². The molecule has 4 rings (SSSR count). The average molecular weight is 479 g/mol. The van der Waals surface area contributed by atoms with Gasteiger partial charge >= 0.3 is 0 Å². The molecule has 9 heteroatoms. The number of hydrogen-bond acceptors (Lipinski definition) is 6. The molecule has 1 saturated heterocycles. The monoisotopic (exact) mass is 478 g/mol. The van der Waals surface area contributed by atoms with Crippen molar-refractivity contribution < 1.29 is 9.59 Å². The van der Waals surface area contributed by atoms with Crippen LogP contribution in [0.4, 0.5) is 5.69 Å². The van der Waals surface area contributed by atoms with E-state index in [0.29, 0.717) is 13.1 Å². The molecule has 0 bridgehead atoms. The maximum atomic E-state index is 12.7. The number of nitrogens with two attached hydrogens (primary N) is 1. The topological polar surface area (TPSA) is 106 Å². The van der Waals surface area contributed by atoms with E-state index in [4.69, 9.17) is 5.73 Å². The fraction of sp³-hybridized carbons (Fsp3) is 0.360. The molecule has 178 valence electrons. The van der Waals surface area contributed by atoms with Crippen molar-refractivity contribution in [2.75, 3.05) is 17.6 Å². The van der Waals surface area contributed by atoms with Gasteiger partial charge in [0.1, 0.15) is 0 Å². The van der Waals surface area contributed by atoms with E-state index in [0.717, 1.165) is 52.7 Å². The summed E-state index contributed by atoms with van der Waals surface area (Å²) in [6.45, 7) is 6.29. The van der Waals surface area contributed by atoms with Crippen molar-refractivity contribution in [1.82, 2.24) is 19.7 Å². The first-order chi connectivity index (χ1) is 16.5. The lowest BCUT2D eigenvalue weighted by Gasteiger charge is -2.22. The maximum Gasteiger partial charge on any atom is 0.234 e. The van der Waals surface area contributed by atoms with Gasteiger partial charge in [-0.1, -0.05) is 48.2 Å². The Hall–Kier alpha value is -3.17. The summed E-state index contributed by atoms with van der Waals surface area (Å²) in [5.41, 5.74) is 9.47. The first-order valence-electron chi connectivity index (χ1n) is 11.5. The number of carbonyl (C=O) groups is 2. The van der Waals surface area contributed by atoms with Gasteiger partial charge in [0, 0.05) is 24.3 Å². The molecule has 3 aromatic rings. The van der Waals surface area contributed by atoms with Crippen LogP contribution in [0, 0.1) is 6.92 Å². The summed E-state index contributed by atoms with van der Waals surface area (Å²) < 4.78 is 2.03. The summed E-state index contributed by atoms with van der Waals surface area (Å²) in [7, 11) is 0. The minimum Gasteiger partial charge on any atom is -0.368 e. The van der Waals surface area contributed by atoms with Gasteiger partial charge in [0.25, 0.3) is 0 Å². The Morgan fingerprint density at radius 3 is 2.76 bits per heavy atom. The van der Waals surface area contributed by atoms with Crippen LogP contribution >= 0.6 is 11.8 Å². The summed E-state index contributed by atoms with van der Waals surface area (Å²) in [6, 6.07) is 15.6. The zero-order valence-electron chi connectivity index (χ0n) is 19.5. The largest absolute Gasteiger partial charge is 0.368 e. The molecule has 1 unspecified atom stereocenters. The summed E-state index contributed by atoms with van der Waals surface area (Å²) in [5, 5.41) is 12.4. The van der Waals surface area contributed by atoms with E-state index in [2.05, 4.69) is 33.4 Å². The molecular weight excluding hydrogens is 448 g/mol. The molecule has 1 atom stereocenters. The molecule has 34 heavy (non-hydrogen) atoms. The van der Waals surface area contributed by atoms with E-state index in [1.807, 2.05) is 54.0 Å². The van der Waals surface area contributed by atoms with Crippen LogP contribution < -0.4 is 11.1 Å². The number of thioether (sulfide) groups is 1. The van der Waals surface area contributed by atoms with Crippen molar-refractivity contribution in [2.45, 2.75) is 51.0 Å². The Morgan fingerprint density at radius 1 is 1.18 bits per heavy atom. The quantitative estimate of drug-likeness (QED) is 0.456. The van der Waals surface area contributed by atoms with Gasteiger partial charge in [0.2, 0.25) is 11.8 Å². The smallest absolute Gasteiger partial charge is 0.234 e. The summed E-state index contributed by atoms with van der Waals surface area (Å²) in [6.07, 6.45) is 1.77. The number of anilines is 1. The maximum absolute atomic E-state index is 12.7. The number of hydrogen-bond donors (Lipinski definition) is 2. The molecule has 2 amide bonds. The number of nitrogens with one attached hydrogen (secondary N) is 1. The van der Waals surface area contributed by atoms with Gasteiger partial charge in [0.05, 0.1) is 11.8 Å². The van der Waals surface area contributed by atoms with E-state index in [1.165, 1.54) is 11.8 Å². The van der Waals surface area contributed by atoms with Gasteiger partial charge in [-0.25, -0.2) is 0 Å². The molecule has 1 aromatic heterocycles. The highest BCUT2D eigenvalue weighted by Gasteiger charge is 2.28. The van der Waals surface area contributed by atoms with Crippen molar-refractivity contribution >= 4 is 29.3 Å². The predicted octanol–water partition coefficient (Wildman–Crippen LogP) is 3.45. The molecular formula is C25H30N6O2S. The second-order valence-electron chi connectivity index (χ2n) is 8.43. The molecule has 1 fully saturated rings. The highest BCUT2D eigenvalue weighted by atomic mass is 32.2. The normalized spacial score (nSPS) is 16.0. The molecule has 1 aliphatic rings. The van der Waals surface area contributed by atoms with E-state index in [-0.39, 0.29) is 23.6 Å². The Kier molecular flexibility index (Phi) is 7.64. The molecule has 2 aromatic carbocycles. The van der Waals surface area contributed by atoms with Crippen molar-refractivity contribution in [3.63, 3.8) is 0 Å². The molecule has 3 N–H and O–H groups in total. The Balaban J connectivity index is 1.37. The lowest BCUT2D eigenvalue weighted by atomic mass is 10.1. The number of aryl methyl sites for hydroxylation is 1. The van der Waals surface area contributed by atoms with Crippen LogP contribution in [-0.2, 0) is 22.7 Å². The number of rotatable bonds is 9. The third kappa shape index (κ3) is 5.48. The van der Waals surface area contributed by atoms with Gasteiger partial charge in [-0.05, 0) is 56.5 Å². The second kappa shape index (κ2) is 10.8. The van der Waals surface area contributed by atoms with Crippen LogP contribution in [-0.4, -0.2) is 49.8 Å². The van der Waals surface area contributed by atoms with Gasteiger partial charge < -0.3 is 15.6 Å². The number of carbonyl (C=O) groups excluding carboxylic acids is 2. The number of nitrogens with zero attached hydrogens (tertiary/aromatic N) is 4. The van der Waals surface area contributed by atoms with Gasteiger partial charge in [0.15, 0.2) is 11.0 Å². The molecule has 1 aliphatic heterocycles. The van der Waals surface area contributed by atoms with Gasteiger partial charge in [-0.2, -0.15) is 0 Å². The standard InChI is InChI=1S/C25H30N6O2S/c1-3-31-24(20-11-5-4-8-17(20)2)28-29-25(31)34-16-22(32)27-19-10-6-9-18(14-19)15-30-13-7-12-21(30)23(26)33/h4-6,8-11,14,21H,3,7,12-13,15-16H2,1-2H3,(H2,26,33)(H,27,32). The molecule has 8 nitrogen and oxygen atoms in total. The van der Waals surface area contributed by atoms with Crippen molar-refractivity contribution in [2.24, 2.45) is 5.73 Å². The minimum atomic E-state index is -0.274. The predicted molar refractivity (Wildman–Crippen MR) is 134 cm³/mol. The number of primary amides is 1. The summed E-state index contributed by atoms with van der Waals surface area (Å²) in [5.74, 6) is 0.657. The number of aromatic nitrogens is 3. The lowest BCUT2D eigenvalue weighted by Crippen LogP contribution is -2.39. The lowest BCUT2D eigenvalue weighted by molar-refractivity contribution is -0.122. The fourth-order valence-electron chi connectivity index (χ4n) is 4.35. The molecule has 2 heterocycles. The Labute approximate surface area is 203 Å². The van der Waals surface area contributed by atoms with Gasteiger partial charge in [-0.3, -0.25) is 14.5 Å². The van der Waals surface area contributed by atoms with Crippen LogP contribution in [0.2, 0.25) is 0 Å². The van der Waals surface area contributed by atoms with Gasteiger partial charge in [-0.15, -0.1) is 10.2 Å². The summed E-state index contributed by atoms with van der Waals surface area (Å²) in [4.78, 5) is 26.4. The highest BCUT2D eigenvalue weighted by molar-refractivity contribution is 7.99. The second-order valence-corrected chi connectivity index (χ2v) is 9.38. The van der Waals surface area contributed by atoms with Crippen molar-refractivity contribution in [3.05, 3.63) is 59.7 Å². The highest BCUT2D eigenvalue weighted by Crippen LogP contribution is 2.26. The number of amides is 2. The fourth-order valence-corrected chi connectivity index (χ4v) is 5.15. The zero-order valence-corrected chi connectivity index (χ0v) is 20.3. The number of likely N-dealkylation sites (tertiary alicyclic amines) is 1. The van der Waals surface area contributed by atoms with Crippen LogP contribution in [0.15, 0.2) is 53.7 Å². The van der Waals surface area contributed by atoms with Crippen molar-refractivity contribution in [3.8, 4) is 11.4 Å². The van der Waals surface area contributed by atoms with E-state index < -0.39 is 0 Å². The molecule has 0 saturated carbocycles. The van der Waals surface area contributed by atoms with Crippen LogP contribution in [0.3, 0.4) is 0 Å². The number of benzene rings is 2. The molecule has 0 spiro atoms. The first kappa shape index (κ1) is 24.0. The minimum absolute atomic E-state index is 0.110. The van der Waals surface area contributed by atoms with E-state index in [9.17, 15) is 9.59 Å². The average Bonchev–Trinajstić information content (AvgIpc) is 3.45. The molecule has 0 radical (unpaired) electrons. The third-order valence-corrected chi connectivity index (χ3v) is 7.01. The first-order valence-corrected chi connectivity index (χ1v) is 12.5. The zero-order chi connectivity index (χ0) is 24.1. The van der Waals surface area contributed by atoms with Crippen molar-refractivity contribution in [1.29, 1.82) is 0 Å². The van der Waals surface area contributed by atoms with E-state index in [1.54, 1.807) is 0 Å². The van der Waals surface area contributed by atoms with Crippen LogP contribution in [0.25, 0.3) is 11.4 Å². The molecule has 0 aliphatic carbocycles. The SMILES string of the molecule is CCn1c(SCC(=O)Nc2cccc(CN3CCCC3C(N)=O)c2)nnc1-c1ccccc1C. The Morgan fingerprint density at radius 2 is 2.00 bits per heavy atom. The van der Waals surface area contributed by atoms with Crippen LogP contribution in [0.1, 0.15) is 30.9 Å².